The quantitative estimate of drug-likeness (QED) is 0.585. The van der Waals surface area contributed by atoms with E-state index in [1.165, 1.54) is 16.2 Å². The van der Waals surface area contributed by atoms with E-state index < -0.39 is 0 Å². The molecule has 0 saturated heterocycles. The zero-order chi connectivity index (χ0) is 10.1. The maximum atomic E-state index is 5.69. The molecule has 0 saturated carbocycles. The van der Waals surface area contributed by atoms with E-state index >= 15 is 0 Å². The SMILES string of the molecule is CCc1nnsc1-c1n[nH]c(=S)n1N. The Kier molecular flexibility index (Phi) is 2.30. The van der Waals surface area contributed by atoms with Gasteiger partial charge < -0.3 is 5.84 Å². The second kappa shape index (κ2) is 3.46. The topological polar surface area (TPSA) is 85.4 Å². The number of H-pyrrole nitrogens is 1. The van der Waals surface area contributed by atoms with Crippen molar-refractivity contribution in [1.29, 1.82) is 0 Å². The van der Waals surface area contributed by atoms with Crippen molar-refractivity contribution in [2.24, 2.45) is 0 Å². The van der Waals surface area contributed by atoms with Crippen LogP contribution in [0.1, 0.15) is 12.6 Å². The lowest BCUT2D eigenvalue weighted by Crippen LogP contribution is -2.10. The molecule has 0 aliphatic rings. The van der Waals surface area contributed by atoms with Crippen LogP contribution in [0.15, 0.2) is 0 Å². The lowest BCUT2D eigenvalue weighted by atomic mass is 10.3. The number of nitrogen functional groups attached to an aromatic ring is 1. The van der Waals surface area contributed by atoms with Crippen molar-refractivity contribution in [2.75, 3.05) is 5.84 Å². The minimum atomic E-state index is 0.385. The van der Waals surface area contributed by atoms with Crippen molar-refractivity contribution in [3.63, 3.8) is 0 Å². The maximum Gasteiger partial charge on any atom is 0.214 e. The van der Waals surface area contributed by atoms with Crippen molar-refractivity contribution in [3.05, 3.63) is 10.5 Å². The number of nitrogens with two attached hydrogens (primary N) is 1. The Labute approximate surface area is 88.9 Å². The molecule has 8 heteroatoms. The number of aromatic nitrogens is 5. The Bertz CT molecular complexity index is 494. The molecule has 2 heterocycles. The Morgan fingerprint density at radius 3 is 3.00 bits per heavy atom. The predicted molar refractivity (Wildman–Crippen MR) is 55.8 cm³/mol. The minimum absolute atomic E-state index is 0.385. The van der Waals surface area contributed by atoms with Gasteiger partial charge in [0.2, 0.25) is 4.77 Å². The van der Waals surface area contributed by atoms with Crippen molar-refractivity contribution >= 4 is 23.8 Å². The second-order valence-electron chi connectivity index (χ2n) is 2.62. The first-order valence-corrected chi connectivity index (χ1v) is 5.16. The molecule has 3 N–H and O–H groups in total. The summed E-state index contributed by atoms with van der Waals surface area (Å²) in [5.74, 6) is 6.27. The molecular weight excluding hydrogens is 220 g/mol. The van der Waals surface area contributed by atoms with Crippen LogP contribution in [-0.2, 0) is 6.42 Å². The van der Waals surface area contributed by atoms with Crippen LogP contribution >= 0.6 is 23.8 Å². The first kappa shape index (κ1) is 9.28. The maximum absolute atomic E-state index is 5.69. The van der Waals surface area contributed by atoms with Crippen LogP contribution in [0, 0.1) is 4.77 Å². The van der Waals surface area contributed by atoms with Gasteiger partial charge in [0.1, 0.15) is 4.88 Å². The molecule has 0 fully saturated rings. The zero-order valence-electron chi connectivity index (χ0n) is 7.39. The summed E-state index contributed by atoms with van der Waals surface area (Å²) in [4.78, 5) is 0.863. The number of hydrogen-bond acceptors (Lipinski definition) is 6. The third-order valence-corrected chi connectivity index (χ3v) is 2.85. The highest BCUT2D eigenvalue weighted by Gasteiger charge is 2.14. The van der Waals surface area contributed by atoms with Gasteiger partial charge in [-0.05, 0) is 30.2 Å². The number of hydrogen-bond donors (Lipinski definition) is 2. The van der Waals surface area contributed by atoms with Gasteiger partial charge in [0.15, 0.2) is 5.82 Å². The van der Waals surface area contributed by atoms with Gasteiger partial charge in [-0.15, -0.1) is 5.10 Å². The fraction of sp³-hybridized carbons (Fsp3) is 0.333. The number of rotatable bonds is 2. The molecule has 0 aliphatic heterocycles. The lowest BCUT2D eigenvalue weighted by Gasteiger charge is -1.96. The Hall–Kier alpha value is -1.28. The highest BCUT2D eigenvalue weighted by molar-refractivity contribution is 7.71. The van der Waals surface area contributed by atoms with Crippen molar-refractivity contribution in [2.45, 2.75) is 13.3 Å². The molecule has 0 atom stereocenters. The van der Waals surface area contributed by atoms with Crippen molar-refractivity contribution in [3.8, 4) is 10.7 Å². The minimum Gasteiger partial charge on any atom is -0.335 e. The number of aromatic amines is 1. The molecule has 0 bridgehead atoms. The molecule has 0 unspecified atom stereocenters. The summed E-state index contributed by atoms with van der Waals surface area (Å²) in [7, 11) is 0. The Morgan fingerprint density at radius 1 is 1.64 bits per heavy atom. The van der Waals surface area contributed by atoms with E-state index in [2.05, 4.69) is 19.8 Å². The molecular formula is C6H8N6S2. The van der Waals surface area contributed by atoms with Crippen LogP contribution in [0.4, 0.5) is 0 Å². The van der Waals surface area contributed by atoms with Crippen LogP contribution in [0.3, 0.4) is 0 Å². The third kappa shape index (κ3) is 1.32. The summed E-state index contributed by atoms with van der Waals surface area (Å²) >= 11 is 6.18. The summed E-state index contributed by atoms with van der Waals surface area (Å²) in [6.45, 7) is 2.00. The van der Waals surface area contributed by atoms with Crippen LogP contribution in [0.2, 0.25) is 0 Å². The number of nitrogens with one attached hydrogen (secondary N) is 1. The van der Waals surface area contributed by atoms with E-state index in [1.807, 2.05) is 6.92 Å². The molecule has 2 aromatic rings. The summed E-state index contributed by atoms with van der Waals surface area (Å²) in [6.07, 6.45) is 0.797. The largest absolute Gasteiger partial charge is 0.335 e. The average Bonchev–Trinajstić information content (AvgIpc) is 2.75. The monoisotopic (exact) mass is 228 g/mol. The van der Waals surface area contributed by atoms with E-state index in [9.17, 15) is 0 Å². The van der Waals surface area contributed by atoms with Crippen molar-refractivity contribution < 1.29 is 0 Å². The molecule has 0 aliphatic carbocycles. The Morgan fingerprint density at radius 2 is 2.43 bits per heavy atom. The second-order valence-corrected chi connectivity index (χ2v) is 3.77. The first-order chi connectivity index (χ1) is 6.74. The van der Waals surface area contributed by atoms with Gasteiger partial charge in [0.25, 0.3) is 0 Å². The number of aryl methyl sites for hydroxylation is 1. The molecule has 2 rings (SSSR count). The van der Waals surface area contributed by atoms with E-state index in [0.29, 0.717) is 10.6 Å². The van der Waals surface area contributed by atoms with Gasteiger partial charge in [-0.2, -0.15) is 5.10 Å². The van der Waals surface area contributed by atoms with E-state index in [1.54, 1.807) is 0 Å². The summed E-state index contributed by atoms with van der Waals surface area (Å²) in [5, 5.41) is 10.6. The smallest absolute Gasteiger partial charge is 0.214 e. The van der Waals surface area contributed by atoms with E-state index in [0.717, 1.165) is 17.0 Å². The third-order valence-electron chi connectivity index (χ3n) is 1.80. The molecule has 0 radical (unpaired) electrons. The van der Waals surface area contributed by atoms with Crippen LogP contribution < -0.4 is 5.84 Å². The summed E-state index contributed by atoms with van der Waals surface area (Å²) in [6, 6.07) is 0. The highest BCUT2D eigenvalue weighted by Crippen LogP contribution is 2.23. The first-order valence-electron chi connectivity index (χ1n) is 3.98. The lowest BCUT2D eigenvalue weighted by molar-refractivity contribution is 0.964. The van der Waals surface area contributed by atoms with Crippen LogP contribution in [0.25, 0.3) is 10.7 Å². The summed E-state index contributed by atoms with van der Waals surface area (Å²) < 4.78 is 5.56. The van der Waals surface area contributed by atoms with Gasteiger partial charge in [0, 0.05) is 0 Å². The van der Waals surface area contributed by atoms with Gasteiger partial charge in [-0.1, -0.05) is 11.4 Å². The van der Waals surface area contributed by atoms with E-state index in [-0.39, 0.29) is 0 Å². The van der Waals surface area contributed by atoms with Gasteiger partial charge in [0.05, 0.1) is 5.69 Å². The van der Waals surface area contributed by atoms with Gasteiger partial charge >= 0.3 is 0 Å². The highest BCUT2D eigenvalue weighted by atomic mass is 32.1. The molecule has 14 heavy (non-hydrogen) atoms. The molecule has 0 aromatic carbocycles. The van der Waals surface area contributed by atoms with Crippen molar-refractivity contribution in [1.82, 2.24) is 24.5 Å². The van der Waals surface area contributed by atoms with Crippen LogP contribution in [0.5, 0.6) is 0 Å². The average molecular weight is 228 g/mol. The zero-order valence-corrected chi connectivity index (χ0v) is 9.02. The molecule has 0 amide bonds. The van der Waals surface area contributed by atoms with Gasteiger partial charge in [-0.3, -0.25) is 0 Å². The van der Waals surface area contributed by atoms with Crippen LogP contribution in [-0.4, -0.2) is 24.5 Å². The predicted octanol–water partition coefficient (Wildman–Crippen LogP) is 0.735. The molecule has 6 nitrogen and oxygen atoms in total. The molecule has 0 spiro atoms. The van der Waals surface area contributed by atoms with E-state index in [4.69, 9.17) is 18.1 Å². The molecule has 2 aromatic heterocycles. The summed E-state index contributed by atoms with van der Waals surface area (Å²) in [5.41, 5.74) is 0.885. The Balaban J connectivity index is 2.60. The fourth-order valence-corrected chi connectivity index (χ4v) is 1.94. The fourth-order valence-electron chi connectivity index (χ4n) is 1.07. The standard InChI is InChI=1S/C6H8N6S2/c1-2-3-4(14-11-8-3)5-9-10-6(13)12(5)7/h2,7H2,1H3,(H,10,13). The van der Waals surface area contributed by atoms with Gasteiger partial charge in [-0.25, -0.2) is 9.77 Å². The normalized spacial score (nSPS) is 10.6. The molecule has 74 valence electrons. The number of nitrogens with zero attached hydrogens (tertiary/aromatic N) is 4.